The Kier molecular flexibility index (Phi) is 19.1. The average molecular weight is 1130 g/mol. The van der Waals surface area contributed by atoms with Gasteiger partial charge in [-0.1, -0.05) is 63.5 Å². The summed E-state index contributed by atoms with van der Waals surface area (Å²) in [6.07, 6.45) is 23.2. The first kappa shape index (κ1) is 57.1. The maximum Gasteiger partial charge on any atom is 0.254 e. The highest BCUT2D eigenvalue weighted by atomic mass is 32.1. The molecule has 4 aromatic heterocycles. The number of ketones is 1. The van der Waals surface area contributed by atoms with Gasteiger partial charge in [0.1, 0.15) is 28.3 Å². The maximum atomic E-state index is 15.7. The number of carbonyl (C=O) groups excluding carboxylic acids is 5. The number of anilines is 2. The number of rotatable bonds is 26. The fourth-order valence-corrected chi connectivity index (χ4v) is 12.3. The van der Waals surface area contributed by atoms with Crippen molar-refractivity contribution in [1.82, 2.24) is 60.2 Å². The fraction of sp³-hybridized carbons (Fsp3) is 0.517. The summed E-state index contributed by atoms with van der Waals surface area (Å²) < 4.78 is 23.7. The van der Waals surface area contributed by atoms with Gasteiger partial charge >= 0.3 is 0 Å². The van der Waals surface area contributed by atoms with E-state index < -0.39 is 17.9 Å². The number of hydrogen-bond donors (Lipinski definition) is 5. The summed E-state index contributed by atoms with van der Waals surface area (Å²) in [5, 5.41) is 21.7. The summed E-state index contributed by atoms with van der Waals surface area (Å²) in [6.45, 7) is 5.79. The lowest BCUT2D eigenvalue weighted by molar-refractivity contribution is -0.139. The molecule has 430 valence electrons. The highest BCUT2D eigenvalue weighted by molar-refractivity contribution is 7.10. The predicted molar refractivity (Wildman–Crippen MR) is 308 cm³/mol. The van der Waals surface area contributed by atoms with Crippen molar-refractivity contribution < 1.29 is 33.1 Å². The van der Waals surface area contributed by atoms with Crippen LogP contribution in [-0.4, -0.2) is 145 Å². The molecule has 4 aliphatic rings. The number of unbranched alkanes of at least 4 members (excludes halogenated alkanes) is 6. The van der Waals surface area contributed by atoms with Gasteiger partial charge in [-0.3, -0.25) is 38.4 Å². The minimum Gasteiger partial charge on any atom is -0.494 e. The highest BCUT2D eigenvalue weighted by Gasteiger charge is 2.40. The van der Waals surface area contributed by atoms with Gasteiger partial charge in [-0.15, -0.1) is 11.3 Å². The van der Waals surface area contributed by atoms with E-state index >= 15 is 4.39 Å². The number of ether oxygens (including phenoxy) is 1. The van der Waals surface area contributed by atoms with Crippen LogP contribution in [0.1, 0.15) is 159 Å². The van der Waals surface area contributed by atoms with Crippen LogP contribution in [0.25, 0.3) is 16.9 Å². The summed E-state index contributed by atoms with van der Waals surface area (Å²) in [5.41, 5.74) is 4.50. The number of nitrogens with one attached hydrogen (secondary N) is 5. The predicted octanol–water partition coefficient (Wildman–Crippen LogP) is 8.59. The molecule has 4 fully saturated rings. The summed E-state index contributed by atoms with van der Waals surface area (Å²) in [5.74, 6) is 0.263. The highest BCUT2D eigenvalue weighted by Crippen LogP contribution is 2.41. The molecule has 3 atom stereocenters. The molecule has 0 spiro atoms. The number of amides is 4. The summed E-state index contributed by atoms with van der Waals surface area (Å²) in [7, 11) is 1.74. The van der Waals surface area contributed by atoms with Crippen LogP contribution < -0.4 is 26.0 Å². The van der Waals surface area contributed by atoms with Crippen LogP contribution in [0.5, 0.6) is 5.75 Å². The topological polar surface area (TPSA) is 224 Å². The number of likely N-dealkylation sites (tertiary alicyclic amines) is 1. The molecule has 5 N–H and O–H groups in total. The van der Waals surface area contributed by atoms with Gasteiger partial charge in [0.05, 0.1) is 54.7 Å². The summed E-state index contributed by atoms with van der Waals surface area (Å²) in [6, 6.07) is 10.5. The number of thiazole rings is 1. The Balaban J connectivity index is 0.584. The van der Waals surface area contributed by atoms with Crippen LogP contribution in [0.3, 0.4) is 0 Å². The first-order chi connectivity index (χ1) is 39.5. The van der Waals surface area contributed by atoms with E-state index in [-0.39, 0.29) is 59.2 Å². The van der Waals surface area contributed by atoms with Gasteiger partial charge in [0.15, 0.2) is 11.5 Å². The summed E-state index contributed by atoms with van der Waals surface area (Å²) in [4.78, 5) is 87.1. The van der Waals surface area contributed by atoms with Crippen LogP contribution in [-0.2, 0) is 14.4 Å². The Bertz CT molecular complexity index is 3130. The van der Waals surface area contributed by atoms with Crippen LogP contribution in [0.4, 0.5) is 15.9 Å². The van der Waals surface area contributed by atoms with Gasteiger partial charge in [-0.05, 0) is 102 Å². The van der Waals surface area contributed by atoms with E-state index in [4.69, 9.17) is 14.7 Å². The standard InChI is InChI=1S/C60H76FN13O6S/c1-39(62-2)57(77)70-53(41-15-9-8-10-16-41)60(79)73-25-14-19-50(73)58-69-49(38-81-58)54(76)42-17-13-18-45(31-42)80-30-12-7-5-3-4-6-11-24-63-52(75)37-71-26-28-72(29-27-71)59(78)43-22-23-47(46(61)32-43)67-55-56-64-35-51(44-33-65-66-34-44)74(56)36-48(68-55)40-20-21-40/h13,17-18,22-23,31-36,38-41,50,53,62H,3-12,14-16,19-21,24-30,37H2,1-2H3,(H,63,75)(H,65,66)(H,67,68)(H,70,77)/t39-,50-,53-/m0/s1. The Hall–Kier alpha value is -7.10. The van der Waals surface area contributed by atoms with E-state index in [0.717, 1.165) is 125 Å². The molecule has 0 unspecified atom stereocenters. The molecule has 0 radical (unpaired) electrons. The quantitative estimate of drug-likeness (QED) is 0.0254. The fourth-order valence-electron chi connectivity index (χ4n) is 11.4. The van der Waals surface area contributed by atoms with Crippen molar-refractivity contribution in [2.45, 2.75) is 134 Å². The monoisotopic (exact) mass is 1130 g/mol. The molecule has 19 nitrogen and oxygen atoms in total. The minimum absolute atomic E-state index is 0.0299. The number of aromatic nitrogens is 6. The third-order valence-electron chi connectivity index (χ3n) is 16.4. The Morgan fingerprint density at radius 2 is 1.64 bits per heavy atom. The first-order valence-corrected chi connectivity index (χ1v) is 30.1. The molecule has 4 amide bonds. The molecular weight excluding hydrogens is 1050 g/mol. The van der Waals surface area contributed by atoms with Crippen LogP contribution in [0, 0.1) is 11.7 Å². The number of halogens is 1. The maximum absolute atomic E-state index is 15.7. The number of fused-ring (bicyclic) bond motifs is 1. The zero-order valence-corrected chi connectivity index (χ0v) is 47.4. The van der Waals surface area contributed by atoms with Crippen LogP contribution in [0.2, 0.25) is 0 Å². The number of aromatic amines is 1. The third kappa shape index (κ3) is 14.3. The van der Waals surface area contributed by atoms with Crippen molar-refractivity contribution >= 4 is 57.9 Å². The van der Waals surface area contributed by atoms with E-state index in [1.54, 1.807) is 67.1 Å². The van der Waals surface area contributed by atoms with Crippen LogP contribution in [0.15, 0.2) is 72.6 Å². The summed E-state index contributed by atoms with van der Waals surface area (Å²) >= 11 is 1.41. The van der Waals surface area contributed by atoms with E-state index in [9.17, 15) is 24.0 Å². The van der Waals surface area contributed by atoms with Crippen LogP contribution >= 0.6 is 11.3 Å². The molecule has 2 saturated heterocycles. The number of piperazine rings is 1. The van der Waals surface area contributed by atoms with Crippen molar-refractivity contribution in [2.24, 2.45) is 5.92 Å². The van der Waals surface area contributed by atoms with E-state index in [1.165, 1.54) is 17.4 Å². The molecule has 81 heavy (non-hydrogen) atoms. The minimum atomic E-state index is -0.578. The van der Waals surface area contributed by atoms with Gasteiger partial charge in [0.25, 0.3) is 5.91 Å². The van der Waals surface area contributed by atoms with Crippen molar-refractivity contribution in [1.29, 1.82) is 0 Å². The Labute approximate surface area is 476 Å². The average Bonchev–Trinajstić information content (AvgIpc) is 4.19. The molecule has 2 saturated carbocycles. The van der Waals surface area contributed by atoms with Crippen molar-refractivity contribution in [2.75, 3.05) is 64.8 Å². The second-order valence-corrected chi connectivity index (χ2v) is 23.1. The van der Waals surface area contributed by atoms with Gasteiger partial charge in [-0.2, -0.15) is 5.10 Å². The van der Waals surface area contributed by atoms with Gasteiger partial charge < -0.3 is 35.8 Å². The number of carbonyl (C=O) groups is 5. The molecule has 2 aromatic carbocycles. The molecule has 2 aliphatic heterocycles. The molecule has 21 heteroatoms. The zero-order valence-electron chi connectivity index (χ0n) is 46.6. The zero-order chi connectivity index (χ0) is 56.2. The van der Waals surface area contributed by atoms with Gasteiger partial charge in [0.2, 0.25) is 23.5 Å². The van der Waals surface area contributed by atoms with E-state index in [1.807, 2.05) is 32.5 Å². The molecule has 10 rings (SSSR count). The molecule has 2 aliphatic carbocycles. The van der Waals surface area contributed by atoms with Crippen molar-refractivity contribution in [3.63, 3.8) is 0 Å². The van der Waals surface area contributed by atoms with Crippen molar-refractivity contribution in [3.05, 3.63) is 106 Å². The van der Waals surface area contributed by atoms with Gasteiger partial charge in [0, 0.05) is 79.7 Å². The third-order valence-corrected chi connectivity index (χ3v) is 17.3. The lowest BCUT2D eigenvalue weighted by Gasteiger charge is -2.35. The van der Waals surface area contributed by atoms with E-state index in [2.05, 4.69) is 36.4 Å². The Morgan fingerprint density at radius 1 is 0.852 bits per heavy atom. The molecule has 6 aromatic rings. The second-order valence-electron chi connectivity index (χ2n) is 22.2. The molecule has 0 bridgehead atoms. The smallest absolute Gasteiger partial charge is 0.254 e. The largest absolute Gasteiger partial charge is 0.494 e. The number of nitrogens with zero attached hydrogens (tertiary/aromatic N) is 8. The lowest BCUT2D eigenvalue weighted by atomic mass is 9.83. The second kappa shape index (κ2) is 27.1. The first-order valence-electron chi connectivity index (χ1n) is 29.2. The number of imidazole rings is 1. The number of benzene rings is 2. The Morgan fingerprint density at radius 3 is 2.40 bits per heavy atom. The van der Waals surface area contributed by atoms with Gasteiger partial charge in [-0.25, -0.2) is 19.3 Å². The normalized spacial score (nSPS) is 17.7. The number of likely N-dealkylation sites (N-methyl/N-ethyl adjacent to an activating group) is 1. The lowest BCUT2D eigenvalue weighted by Crippen LogP contribution is -2.55. The SMILES string of the molecule is CN[C@@H](C)C(=O)N[C@H](C(=O)N1CCC[C@H]1c1nc(C(=O)c2cccc(OCCCCCCCCCNC(=O)CN3CCN(C(=O)c4ccc(Nc5nc(C6CC6)cn6c(-c7cn[nH]c7)cnc56)c(F)c4)CC3)c2)cs1)C1CCCCC1. The molecule has 6 heterocycles. The van der Waals surface area contributed by atoms with E-state index in [0.29, 0.717) is 80.3 Å². The number of H-pyrrole nitrogens is 1. The number of hydrogen-bond acceptors (Lipinski definition) is 14. The van der Waals surface area contributed by atoms with Crippen molar-refractivity contribution in [3.8, 4) is 17.0 Å². The molecular formula is C60H76FN13O6S.